The molecule has 0 fully saturated rings. The van der Waals surface area contributed by atoms with E-state index in [1.54, 1.807) is 0 Å². The molecule has 0 bridgehead atoms. The van der Waals surface area contributed by atoms with Gasteiger partial charge in [-0.15, -0.1) is 11.8 Å². The molecular weight excluding hydrogens is 384 g/mol. The van der Waals surface area contributed by atoms with Crippen LogP contribution in [0.25, 0.3) is 11.0 Å². The number of fused-ring (bicyclic) bond motifs is 1. The fourth-order valence-electron chi connectivity index (χ4n) is 3.94. The Balaban J connectivity index is 1.72. The highest BCUT2D eigenvalue weighted by Gasteiger charge is 2.23. The van der Waals surface area contributed by atoms with E-state index in [4.69, 9.17) is 4.98 Å². The first kappa shape index (κ1) is 20.7. The SMILES string of the molecule is CCCCCCCn1c(C(Sc2ccccc2)c2ccccc2)nc2ccccc21. The van der Waals surface area contributed by atoms with E-state index in [1.165, 1.54) is 48.1 Å². The van der Waals surface area contributed by atoms with Crippen molar-refractivity contribution in [1.82, 2.24) is 9.55 Å². The van der Waals surface area contributed by atoms with E-state index in [2.05, 4.69) is 96.4 Å². The minimum Gasteiger partial charge on any atom is -0.327 e. The molecule has 3 aromatic carbocycles. The number of unbranched alkanes of at least 4 members (excludes halogenated alkanes) is 4. The topological polar surface area (TPSA) is 17.8 Å². The van der Waals surface area contributed by atoms with Crippen molar-refractivity contribution in [3.63, 3.8) is 0 Å². The summed E-state index contributed by atoms with van der Waals surface area (Å²) in [5.74, 6) is 1.16. The van der Waals surface area contributed by atoms with Crippen molar-refractivity contribution in [1.29, 1.82) is 0 Å². The second kappa shape index (κ2) is 10.5. The maximum Gasteiger partial charge on any atom is 0.127 e. The number of hydrogen-bond acceptors (Lipinski definition) is 2. The molecule has 0 N–H and O–H groups in total. The third-order valence-corrected chi connectivity index (χ3v) is 6.77. The van der Waals surface area contributed by atoms with Gasteiger partial charge in [0.2, 0.25) is 0 Å². The minimum absolute atomic E-state index is 0.164. The summed E-state index contributed by atoms with van der Waals surface area (Å²) in [6.07, 6.45) is 6.41. The number of thioether (sulfide) groups is 1. The smallest absolute Gasteiger partial charge is 0.127 e. The maximum absolute atomic E-state index is 5.14. The highest BCUT2D eigenvalue weighted by atomic mass is 32.2. The van der Waals surface area contributed by atoms with Gasteiger partial charge in [-0.2, -0.15) is 0 Å². The Morgan fingerprint density at radius 3 is 2.20 bits per heavy atom. The van der Waals surface area contributed by atoms with E-state index < -0.39 is 0 Å². The lowest BCUT2D eigenvalue weighted by Crippen LogP contribution is -2.09. The molecule has 3 heteroatoms. The lowest BCUT2D eigenvalue weighted by Gasteiger charge is -2.19. The molecule has 1 unspecified atom stereocenters. The lowest BCUT2D eigenvalue weighted by molar-refractivity contribution is 0.564. The van der Waals surface area contributed by atoms with Crippen molar-refractivity contribution in [3.05, 3.63) is 96.3 Å². The van der Waals surface area contributed by atoms with Crippen LogP contribution in [0.2, 0.25) is 0 Å². The van der Waals surface area contributed by atoms with E-state index in [-0.39, 0.29) is 5.25 Å². The monoisotopic (exact) mass is 414 g/mol. The van der Waals surface area contributed by atoms with Crippen molar-refractivity contribution in [2.24, 2.45) is 0 Å². The first-order valence-electron chi connectivity index (χ1n) is 11.1. The molecule has 30 heavy (non-hydrogen) atoms. The molecule has 0 amide bonds. The minimum atomic E-state index is 0.164. The van der Waals surface area contributed by atoms with Crippen molar-refractivity contribution in [2.45, 2.75) is 55.7 Å². The second-order valence-electron chi connectivity index (χ2n) is 7.75. The predicted molar refractivity (Wildman–Crippen MR) is 129 cm³/mol. The molecule has 0 saturated carbocycles. The zero-order chi connectivity index (χ0) is 20.6. The van der Waals surface area contributed by atoms with Crippen LogP contribution in [0.4, 0.5) is 0 Å². The largest absolute Gasteiger partial charge is 0.327 e. The summed E-state index contributed by atoms with van der Waals surface area (Å²) in [5.41, 5.74) is 3.64. The third-order valence-electron chi connectivity index (χ3n) is 5.50. The Morgan fingerprint density at radius 2 is 1.43 bits per heavy atom. The molecule has 154 valence electrons. The normalized spacial score (nSPS) is 12.3. The van der Waals surface area contributed by atoms with Gasteiger partial charge in [-0.3, -0.25) is 0 Å². The van der Waals surface area contributed by atoms with Crippen LogP contribution in [0.15, 0.2) is 89.8 Å². The fourth-order valence-corrected chi connectivity index (χ4v) is 5.10. The van der Waals surface area contributed by atoms with Crippen LogP contribution in [0.5, 0.6) is 0 Å². The van der Waals surface area contributed by atoms with Crippen LogP contribution in [-0.4, -0.2) is 9.55 Å². The standard InChI is InChI=1S/C27H30N2S/c1-2-3-4-5-14-21-29-25-20-13-12-19-24(25)28-27(29)26(22-15-8-6-9-16-22)30-23-17-10-7-11-18-23/h6-13,15-20,26H,2-5,14,21H2,1H3. The van der Waals surface area contributed by atoms with Gasteiger partial charge < -0.3 is 4.57 Å². The van der Waals surface area contributed by atoms with E-state index in [0.29, 0.717) is 0 Å². The third kappa shape index (κ3) is 4.96. The molecule has 0 aliphatic rings. The number of aromatic nitrogens is 2. The van der Waals surface area contributed by atoms with Crippen molar-refractivity contribution >= 4 is 22.8 Å². The van der Waals surface area contributed by atoms with Gasteiger partial charge in [0, 0.05) is 11.4 Å². The number of rotatable bonds is 10. The molecule has 0 radical (unpaired) electrons. The molecule has 4 rings (SSSR count). The predicted octanol–water partition coefficient (Wildman–Crippen LogP) is 7.89. The number of hydrogen-bond donors (Lipinski definition) is 0. The second-order valence-corrected chi connectivity index (χ2v) is 8.92. The number of nitrogens with zero attached hydrogens (tertiary/aromatic N) is 2. The average Bonchev–Trinajstić information content (AvgIpc) is 3.17. The maximum atomic E-state index is 5.14. The quantitative estimate of drug-likeness (QED) is 0.194. The number of aryl methyl sites for hydroxylation is 1. The summed E-state index contributed by atoms with van der Waals surface area (Å²) in [6, 6.07) is 30.1. The Bertz CT molecular complexity index is 1040. The zero-order valence-electron chi connectivity index (χ0n) is 17.7. The molecule has 0 saturated heterocycles. The summed E-state index contributed by atoms with van der Waals surface area (Å²) in [6.45, 7) is 3.30. The summed E-state index contributed by atoms with van der Waals surface area (Å²) in [5, 5.41) is 0.164. The average molecular weight is 415 g/mol. The van der Waals surface area contributed by atoms with Gasteiger partial charge in [0.05, 0.1) is 16.3 Å². The van der Waals surface area contributed by atoms with Gasteiger partial charge >= 0.3 is 0 Å². The highest BCUT2D eigenvalue weighted by molar-refractivity contribution is 7.99. The highest BCUT2D eigenvalue weighted by Crippen LogP contribution is 2.41. The van der Waals surface area contributed by atoms with Gasteiger partial charge in [0.15, 0.2) is 0 Å². The summed E-state index contributed by atoms with van der Waals surface area (Å²) in [7, 11) is 0. The van der Waals surface area contributed by atoms with E-state index in [1.807, 2.05) is 11.8 Å². The lowest BCUT2D eigenvalue weighted by atomic mass is 10.1. The van der Waals surface area contributed by atoms with E-state index in [9.17, 15) is 0 Å². The Labute approximate surface area is 184 Å². The summed E-state index contributed by atoms with van der Waals surface area (Å²) < 4.78 is 2.47. The van der Waals surface area contributed by atoms with Gasteiger partial charge in [-0.1, -0.05) is 93.3 Å². The summed E-state index contributed by atoms with van der Waals surface area (Å²) in [4.78, 5) is 6.41. The van der Waals surface area contributed by atoms with Gasteiger partial charge in [-0.05, 0) is 36.2 Å². The van der Waals surface area contributed by atoms with Crippen molar-refractivity contribution in [3.8, 4) is 0 Å². The van der Waals surface area contributed by atoms with Crippen LogP contribution >= 0.6 is 11.8 Å². The van der Waals surface area contributed by atoms with Crippen molar-refractivity contribution in [2.75, 3.05) is 0 Å². The number of imidazole rings is 1. The molecule has 4 aromatic rings. The van der Waals surface area contributed by atoms with Gasteiger partial charge in [0.1, 0.15) is 5.82 Å². The molecular formula is C27H30N2S. The summed E-state index contributed by atoms with van der Waals surface area (Å²) >= 11 is 1.89. The Kier molecular flexibility index (Phi) is 7.25. The first-order chi connectivity index (χ1) is 14.9. The van der Waals surface area contributed by atoms with Crippen LogP contribution < -0.4 is 0 Å². The molecule has 0 aliphatic carbocycles. The van der Waals surface area contributed by atoms with Crippen LogP contribution in [0.3, 0.4) is 0 Å². The van der Waals surface area contributed by atoms with Gasteiger partial charge in [-0.25, -0.2) is 4.98 Å². The van der Waals surface area contributed by atoms with Crippen LogP contribution in [0, 0.1) is 0 Å². The molecule has 1 aromatic heterocycles. The molecule has 2 nitrogen and oxygen atoms in total. The van der Waals surface area contributed by atoms with Crippen molar-refractivity contribution < 1.29 is 0 Å². The molecule has 1 atom stereocenters. The zero-order valence-corrected chi connectivity index (χ0v) is 18.5. The Hall–Kier alpha value is -2.52. The van der Waals surface area contributed by atoms with Crippen LogP contribution in [-0.2, 0) is 6.54 Å². The van der Waals surface area contributed by atoms with E-state index >= 15 is 0 Å². The fraction of sp³-hybridized carbons (Fsp3) is 0.296. The van der Waals surface area contributed by atoms with E-state index in [0.717, 1.165) is 17.9 Å². The first-order valence-corrected chi connectivity index (χ1v) is 12.0. The number of benzene rings is 3. The number of para-hydroxylation sites is 2. The molecule has 0 spiro atoms. The van der Waals surface area contributed by atoms with Gasteiger partial charge in [0.25, 0.3) is 0 Å². The van der Waals surface area contributed by atoms with Crippen LogP contribution in [0.1, 0.15) is 55.7 Å². The Morgan fingerprint density at radius 1 is 0.767 bits per heavy atom. The molecule has 0 aliphatic heterocycles. The molecule has 1 heterocycles.